The van der Waals surface area contributed by atoms with Gasteiger partial charge in [-0.1, -0.05) is 12.1 Å². The topological polar surface area (TPSA) is 142 Å². The smallest absolute Gasteiger partial charge is 0.309 e. The Hall–Kier alpha value is -4.28. The molecule has 0 unspecified atom stereocenters. The molecule has 1 aromatic heterocycles. The number of aryl methyl sites for hydroxylation is 2. The van der Waals surface area contributed by atoms with Gasteiger partial charge in [-0.15, -0.1) is 0 Å². The standard InChI is InChI=1S/C20H19N5O6/c1-13-4-3-5-17(8-13)31-18-10-15(9-16(11-18)24(27)28)22-20(26)6-7-23-14(2)19(12-21-23)25(29)30/h3-5,8-12H,6-7H2,1-2H3,(H,22,26). The fourth-order valence-electron chi connectivity index (χ4n) is 2.91. The summed E-state index contributed by atoms with van der Waals surface area (Å²) < 4.78 is 7.07. The van der Waals surface area contributed by atoms with Gasteiger partial charge in [-0.3, -0.25) is 29.7 Å². The minimum absolute atomic E-state index is 0.0313. The molecular weight excluding hydrogens is 406 g/mol. The lowest BCUT2D eigenvalue weighted by molar-refractivity contribution is -0.385. The molecule has 11 heteroatoms. The van der Waals surface area contributed by atoms with E-state index in [2.05, 4.69) is 10.4 Å². The van der Waals surface area contributed by atoms with Gasteiger partial charge in [0.15, 0.2) is 0 Å². The third kappa shape index (κ3) is 5.41. The van der Waals surface area contributed by atoms with Gasteiger partial charge in [0.1, 0.15) is 23.4 Å². The van der Waals surface area contributed by atoms with E-state index in [4.69, 9.17) is 4.74 Å². The van der Waals surface area contributed by atoms with Crippen molar-refractivity contribution in [1.29, 1.82) is 0 Å². The van der Waals surface area contributed by atoms with Crippen LogP contribution in [0.4, 0.5) is 17.1 Å². The van der Waals surface area contributed by atoms with Gasteiger partial charge in [0.2, 0.25) is 5.91 Å². The van der Waals surface area contributed by atoms with Crippen LogP contribution in [0.15, 0.2) is 48.7 Å². The Morgan fingerprint density at radius 2 is 1.87 bits per heavy atom. The molecule has 1 amide bonds. The number of nitrogens with one attached hydrogen (secondary N) is 1. The molecule has 11 nitrogen and oxygen atoms in total. The molecule has 3 aromatic rings. The molecule has 3 rings (SSSR count). The normalized spacial score (nSPS) is 10.5. The molecule has 1 heterocycles. The fourth-order valence-corrected chi connectivity index (χ4v) is 2.91. The Morgan fingerprint density at radius 3 is 2.52 bits per heavy atom. The van der Waals surface area contributed by atoms with Gasteiger partial charge in [0, 0.05) is 18.6 Å². The number of rotatable bonds is 8. The first-order chi connectivity index (χ1) is 14.7. The maximum Gasteiger partial charge on any atom is 0.309 e. The molecule has 160 valence electrons. The van der Waals surface area contributed by atoms with Crippen molar-refractivity contribution in [3.05, 3.63) is 80.1 Å². The third-order valence-electron chi connectivity index (χ3n) is 4.44. The van der Waals surface area contributed by atoms with E-state index in [1.165, 1.54) is 22.9 Å². The fraction of sp³-hybridized carbons (Fsp3) is 0.200. The minimum Gasteiger partial charge on any atom is -0.457 e. The van der Waals surface area contributed by atoms with E-state index in [1.807, 2.05) is 13.0 Å². The zero-order chi connectivity index (χ0) is 22.5. The number of hydrogen-bond donors (Lipinski definition) is 1. The van der Waals surface area contributed by atoms with Gasteiger partial charge in [0.05, 0.1) is 28.1 Å². The SMILES string of the molecule is Cc1cccc(Oc2cc(NC(=O)CCn3ncc([N+](=O)[O-])c3C)cc([N+](=O)[O-])c2)c1. The van der Waals surface area contributed by atoms with Crippen LogP contribution in [0.25, 0.3) is 0 Å². The first-order valence-corrected chi connectivity index (χ1v) is 9.23. The van der Waals surface area contributed by atoms with E-state index < -0.39 is 15.8 Å². The quantitative estimate of drug-likeness (QED) is 0.422. The number of nitro benzene ring substituents is 1. The summed E-state index contributed by atoms with van der Waals surface area (Å²) in [5.74, 6) is 0.279. The Morgan fingerprint density at radius 1 is 1.10 bits per heavy atom. The van der Waals surface area contributed by atoms with E-state index in [9.17, 15) is 25.0 Å². The van der Waals surface area contributed by atoms with Crippen LogP contribution in [-0.4, -0.2) is 25.5 Å². The summed E-state index contributed by atoms with van der Waals surface area (Å²) in [7, 11) is 0. The molecule has 0 fully saturated rings. The molecule has 31 heavy (non-hydrogen) atoms. The van der Waals surface area contributed by atoms with Crippen molar-refractivity contribution in [3.63, 3.8) is 0 Å². The molecule has 2 aromatic carbocycles. The van der Waals surface area contributed by atoms with E-state index in [0.717, 1.165) is 11.8 Å². The summed E-state index contributed by atoms with van der Waals surface area (Å²) >= 11 is 0. The first kappa shape index (κ1) is 21.4. The second kappa shape index (κ2) is 9.03. The van der Waals surface area contributed by atoms with Crippen LogP contribution in [0.3, 0.4) is 0 Å². The molecule has 0 aliphatic heterocycles. The van der Waals surface area contributed by atoms with Crippen LogP contribution in [0, 0.1) is 34.1 Å². The number of aromatic nitrogens is 2. The number of non-ortho nitro benzene ring substituents is 1. The number of hydrogen-bond acceptors (Lipinski definition) is 7. The van der Waals surface area contributed by atoms with Gasteiger partial charge in [-0.05, 0) is 31.5 Å². The third-order valence-corrected chi connectivity index (χ3v) is 4.44. The summed E-state index contributed by atoms with van der Waals surface area (Å²) in [6.07, 6.45) is 1.10. The van der Waals surface area contributed by atoms with Gasteiger partial charge in [0.25, 0.3) is 5.69 Å². The summed E-state index contributed by atoms with van der Waals surface area (Å²) in [5.41, 5.74) is 1.13. The Balaban J connectivity index is 1.72. The zero-order valence-corrected chi connectivity index (χ0v) is 16.8. The van der Waals surface area contributed by atoms with Crippen molar-refractivity contribution in [2.24, 2.45) is 0 Å². The van der Waals surface area contributed by atoms with Crippen LogP contribution in [0.5, 0.6) is 11.5 Å². The number of ether oxygens (including phenoxy) is 1. The van der Waals surface area contributed by atoms with Gasteiger partial charge < -0.3 is 10.1 Å². The lowest BCUT2D eigenvalue weighted by Gasteiger charge is -2.10. The molecule has 1 N–H and O–H groups in total. The highest BCUT2D eigenvalue weighted by Gasteiger charge is 2.17. The molecule has 0 saturated carbocycles. The Bertz CT molecular complexity index is 1160. The van der Waals surface area contributed by atoms with Crippen LogP contribution in [0.2, 0.25) is 0 Å². The van der Waals surface area contributed by atoms with Crippen molar-refractivity contribution >= 4 is 23.0 Å². The molecule has 0 atom stereocenters. The number of carbonyl (C=O) groups excluding carboxylic acids is 1. The summed E-state index contributed by atoms with van der Waals surface area (Å²) in [4.78, 5) is 33.4. The van der Waals surface area contributed by atoms with E-state index in [1.54, 1.807) is 25.1 Å². The van der Waals surface area contributed by atoms with Crippen LogP contribution >= 0.6 is 0 Å². The number of anilines is 1. The maximum absolute atomic E-state index is 12.3. The zero-order valence-electron chi connectivity index (χ0n) is 16.8. The second-order valence-electron chi connectivity index (χ2n) is 6.78. The second-order valence-corrected chi connectivity index (χ2v) is 6.78. The van der Waals surface area contributed by atoms with Crippen LogP contribution < -0.4 is 10.1 Å². The highest BCUT2D eigenvalue weighted by molar-refractivity contribution is 5.91. The van der Waals surface area contributed by atoms with Crippen LogP contribution in [-0.2, 0) is 11.3 Å². The average Bonchev–Trinajstić information content (AvgIpc) is 3.07. The number of nitrogens with zero attached hydrogens (tertiary/aromatic N) is 4. The van der Waals surface area contributed by atoms with Gasteiger partial charge >= 0.3 is 5.69 Å². The lowest BCUT2D eigenvalue weighted by Crippen LogP contribution is -2.15. The predicted octanol–water partition coefficient (Wildman–Crippen LogP) is 4.14. The average molecular weight is 425 g/mol. The maximum atomic E-state index is 12.3. The largest absolute Gasteiger partial charge is 0.457 e. The van der Waals surface area contributed by atoms with Crippen LogP contribution in [0.1, 0.15) is 17.7 Å². The van der Waals surface area contributed by atoms with Crippen molar-refractivity contribution in [1.82, 2.24) is 9.78 Å². The Kier molecular flexibility index (Phi) is 6.24. The van der Waals surface area contributed by atoms with E-state index >= 15 is 0 Å². The Labute approximate surface area is 176 Å². The first-order valence-electron chi connectivity index (χ1n) is 9.23. The van der Waals surface area contributed by atoms with Crippen molar-refractivity contribution < 1.29 is 19.4 Å². The van der Waals surface area contributed by atoms with Crippen molar-refractivity contribution in [3.8, 4) is 11.5 Å². The van der Waals surface area contributed by atoms with Crippen molar-refractivity contribution in [2.75, 3.05) is 5.32 Å². The van der Waals surface area contributed by atoms with Crippen molar-refractivity contribution in [2.45, 2.75) is 26.8 Å². The summed E-state index contributed by atoms with van der Waals surface area (Å²) in [5, 5.41) is 28.7. The molecule has 0 spiro atoms. The van der Waals surface area contributed by atoms with E-state index in [-0.39, 0.29) is 35.8 Å². The molecular formula is C20H19N5O6. The molecule has 0 saturated heterocycles. The monoisotopic (exact) mass is 425 g/mol. The molecule has 0 aliphatic carbocycles. The highest BCUT2D eigenvalue weighted by Crippen LogP contribution is 2.30. The predicted molar refractivity (Wildman–Crippen MR) is 111 cm³/mol. The van der Waals surface area contributed by atoms with Gasteiger partial charge in [-0.2, -0.15) is 5.10 Å². The number of carbonyl (C=O) groups is 1. The minimum atomic E-state index is -0.578. The lowest BCUT2D eigenvalue weighted by atomic mass is 10.2. The summed E-state index contributed by atoms with van der Waals surface area (Å²) in [6, 6.07) is 11.2. The number of nitro groups is 2. The number of benzene rings is 2. The van der Waals surface area contributed by atoms with Gasteiger partial charge in [-0.25, -0.2) is 0 Å². The molecule has 0 aliphatic rings. The van der Waals surface area contributed by atoms with E-state index in [0.29, 0.717) is 11.4 Å². The summed E-state index contributed by atoms with van der Waals surface area (Å²) in [6.45, 7) is 3.55. The molecule has 0 bridgehead atoms. The highest BCUT2D eigenvalue weighted by atomic mass is 16.6. The molecule has 0 radical (unpaired) electrons. The number of amides is 1.